The zero-order valence-corrected chi connectivity index (χ0v) is 15.7. The second-order valence-corrected chi connectivity index (χ2v) is 9.11. The van der Waals surface area contributed by atoms with Gasteiger partial charge in [0, 0.05) is 28.7 Å². The predicted molar refractivity (Wildman–Crippen MR) is 100.0 cm³/mol. The number of halogens is 2. The fourth-order valence-corrected chi connectivity index (χ4v) is 5.28. The van der Waals surface area contributed by atoms with E-state index in [0.717, 1.165) is 0 Å². The average molecular weight is 398 g/mol. The van der Waals surface area contributed by atoms with Gasteiger partial charge in [-0.25, -0.2) is 8.42 Å². The summed E-state index contributed by atoms with van der Waals surface area (Å²) >= 11 is 12.0. The molecule has 4 nitrogen and oxygen atoms in total. The van der Waals surface area contributed by atoms with Gasteiger partial charge in [-0.3, -0.25) is 4.79 Å². The van der Waals surface area contributed by atoms with Crippen LogP contribution in [0.4, 0.5) is 0 Å². The first-order chi connectivity index (χ1) is 11.9. The highest BCUT2D eigenvalue weighted by atomic mass is 35.5. The van der Waals surface area contributed by atoms with Crippen LogP contribution in [0.1, 0.15) is 27.6 Å². The van der Waals surface area contributed by atoms with E-state index in [2.05, 4.69) is 0 Å². The molecule has 1 fully saturated rings. The first-order valence-electron chi connectivity index (χ1n) is 7.89. The molecule has 2 aromatic carbocycles. The molecule has 0 spiro atoms. The van der Waals surface area contributed by atoms with Crippen molar-refractivity contribution in [1.82, 2.24) is 4.90 Å². The fourth-order valence-electron chi connectivity index (χ4n) is 3.01. The summed E-state index contributed by atoms with van der Waals surface area (Å²) in [6.45, 7) is 0.529. The lowest BCUT2D eigenvalue weighted by Gasteiger charge is -2.20. The molecule has 0 radical (unpaired) electrons. The average Bonchev–Trinajstić information content (AvgIpc) is 2.74. The largest absolute Gasteiger partial charge is 0.338 e. The van der Waals surface area contributed by atoms with E-state index in [9.17, 15) is 13.2 Å². The van der Waals surface area contributed by atoms with Crippen molar-refractivity contribution in [1.29, 1.82) is 0 Å². The number of nitrogens with zero attached hydrogens (tertiary/aromatic N) is 1. The van der Waals surface area contributed by atoms with Crippen LogP contribution in [0.25, 0.3) is 0 Å². The van der Waals surface area contributed by atoms with E-state index in [0.29, 0.717) is 34.1 Å². The summed E-state index contributed by atoms with van der Waals surface area (Å²) in [6, 6.07) is 13.6. The quantitative estimate of drug-likeness (QED) is 0.769. The predicted octanol–water partition coefficient (Wildman–Crippen LogP) is 4.00. The molecule has 0 aliphatic carbocycles. The molecule has 0 saturated carbocycles. The van der Waals surface area contributed by atoms with Crippen molar-refractivity contribution in [2.24, 2.45) is 0 Å². The van der Waals surface area contributed by atoms with Gasteiger partial charge in [-0.2, -0.15) is 0 Å². The third-order valence-electron chi connectivity index (χ3n) is 4.37. The summed E-state index contributed by atoms with van der Waals surface area (Å²) in [7, 11) is -3.39. The van der Waals surface area contributed by atoms with Crippen molar-refractivity contribution in [3.63, 3.8) is 0 Å². The zero-order valence-electron chi connectivity index (χ0n) is 13.4. The first kappa shape index (κ1) is 18.2. The monoisotopic (exact) mass is 397 g/mol. The van der Waals surface area contributed by atoms with E-state index >= 15 is 0 Å². The Bertz CT molecular complexity index is 881. The Hall–Kier alpha value is -1.56. The van der Waals surface area contributed by atoms with Crippen molar-refractivity contribution in [2.45, 2.75) is 11.7 Å². The minimum atomic E-state index is -3.39. The molecule has 1 heterocycles. The minimum Gasteiger partial charge on any atom is -0.338 e. The summed E-state index contributed by atoms with van der Waals surface area (Å²) in [5.41, 5.74) is 1.10. The highest BCUT2D eigenvalue weighted by molar-refractivity contribution is 7.91. The van der Waals surface area contributed by atoms with Crippen LogP contribution in [0.2, 0.25) is 10.0 Å². The van der Waals surface area contributed by atoms with E-state index in [4.69, 9.17) is 23.2 Å². The van der Waals surface area contributed by atoms with Crippen LogP contribution in [-0.4, -0.2) is 38.1 Å². The van der Waals surface area contributed by atoms with Gasteiger partial charge in [-0.15, -0.1) is 0 Å². The van der Waals surface area contributed by atoms with Gasteiger partial charge >= 0.3 is 0 Å². The summed E-state index contributed by atoms with van der Waals surface area (Å²) in [6.07, 6.45) is 0.325. The van der Waals surface area contributed by atoms with Crippen LogP contribution in [0.15, 0.2) is 48.5 Å². The summed E-state index contributed by atoms with van der Waals surface area (Å²) in [5, 5.41) is 0.298. The normalized spacial score (nSPS) is 20.1. The number of benzene rings is 2. The van der Waals surface area contributed by atoms with Crippen LogP contribution in [0.3, 0.4) is 0 Å². The zero-order chi connectivity index (χ0) is 18.0. The molecular formula is C18H17Cl2NO3S. The molecule has 1 unspecified atom stereocenters. The Labute approximate surface area is 157 Å². The van der Waals surface area contributed by atoms with Gasteiger partial charge in [-0.05, 0) is 42.3 Å². The Morgan fingerprint density at radius 2 is 1.68 bits per heavy atom. The molecule has 3 rings (SSSR count). The maximum Gasteiger partial charge on any atom is 0.253 e. The molecule has 0 bridgehead atoms. The Morgan fingerprint density at radius 1 is 1.00 bits per heavy atom. The van der Waals surface area contributed by atoms with Crippen LogP contribution in [-0.2, 0) is 9.84 Å². The van der Waals surface area contributed by atoms with Crippen LogP contribution < -0.4 is 0 Å². The van der Waals surface area contributed by atoms with Crippen molar-refractivity contribution in [3.8, 4) is 0 Å². The van der Waals surface area contributed by atoms with Crippen LogP contribution >= 0.6 is 23.2 Å². The molecule has 2 aromatic rings. The van der Waals surface area contributed by atoms with E-state index in [1.54, 1.807) is 53.4 Å². The Morgan fingerprint density at radius 3 is 2.36 bits per heavy atom. The number of rotatable bonds is 2. The molecule has 25 heavy (non-hydrogen) atoms. The van der Waals surface area contributed by atoms with Gasteiger partial charge in [0.05, 0.1) is 11.0 Å². The highest BCUT2D eigenvalue weighted by Gasteiger charge is 2.33. The number of carbonyl (C=O) groups is 1. The molecule has 1 amide bonds. The molecule has 7 heteroatoms. The Balaban J connectivity index is 1.84. The van der Waals surface area contributed by atoms with E-state index in [-0.39, 0.29) is 18.2 Å². The first-order valence-corrected chi connectivity index (χ1v) is 10.4. The molecule has 1 aliphatic heterocycles. The molecule has 0 N–H and O–H groups in total. The number of hydrogen-bond acceptors (Lipinski definition) is 3. The van der Waals surface area contributed by atoms with Gasteiger partial charge in [0.1, 0.15) is 0 Å². The Kier molecular flexibility index (Phi) is 5.37. The fraction of sp³-hybridized carbons (Fsp3) is 0.278. The lowest BCUT2D eigenvalue weighted by molar-refractivity contribution is 0.0766. The van der Waals surface area contributed by atoms with E-state index < -0.39 is 15.1 Å². The summed E-state index contributed by atoms with van der Waals surface area (Å²) < 4.78 is 25.4. The number of sulfone groups is 1. The molecule has 1 atom stereocenters. The molecular weight excluding hydrogens is 381 g/mol. The number of carbonyl (C=O) groups excluding carboxylic acids is 1. The molecule has 1 aliphatic rings. The highest BCUT2D eigenvalue weighted by Crippen LogP contribution is 2.34. The summed E-state index contributed by atoms with van der Waals surface area (Å²) in [4.78, 5) is 14.2. The lowest BCUT2D eigenvalue weighted by Crippen LogP contribution is -2.33. The second kappa shape index (κ2) is 7.36. The topological polar surface area (TPSA) is 54.5 Å². The SMILES string of the molecule is O=C(c1ccc(Cl)cc1)N1CCC(c2ccccc2Cl)S(=O)(=O)CC1. The van der Waals surface area contributed by atoms with Gasteiger partial charge in [0.25, 0.3) is 5.91 Å². The van der Waals surface area contributed by atoms with Crippen molar-refractivity contribution >= 4 is 38.9 Å². The minimum absolute atomic E-state index is 0.0811. The summed E-state index contributed by atoms with van der Waals surface area (Å²) in [5.74, 6) is -0.269. The smallest absolute Gasteiger partial charge is 0.253 e. The van der Waals surface area contributed by atoms with E-state index in [1.807, 2.05) is 0 Å². The van der Waals surface area contributed by atoms with Gasteiger partial charge in [0.15, 0.2) is 9.84 Å². The van der Waals surface area contributed by atoms with Crippen LogP contribution in [0, 0.1) is 0 Å². The lowest BCUT2D eigenvalue weighted by atomic mass is 10.1. The van der Waals surface area contributed by atoms with Crippen molar-refractivity contribution < 1.29 is 13.2 Å². The molecule has 0 aromatic heterocycles. The molecule has 1 saturated heterocycles. The van der Waals surface area contributed by atoms with Gasteiger partial charge in [-0.1, -0.05) is 41.4 Å². The third kappa shape index (κ3) is 4.00. The number of amides is 1. The third-order valence-corrected chi connectivity index (χ3v) is 7.08. The standard InChI is InChI=1S/C18H17Cl2NO3S/c19-14-7-5-13(6-8-14)18(22)21-10-9-17(25(23,24)12-11-21)15-3-1-2-4-16(15)20/h1-8,17H,9-12H2. The maximum atomic E-state index is 12.7. The van der Waals surface area contributed by atoms with Gasteiger partial charge in [0.2, 0.25) is 0 Å². The number of hydrogen-bond donors (Lipinski definition) is 0. The second-order valence-electron chi connectivity index (χ2n) is 5.96. The maximum absolute atomic E-state index is 12.7. The van der Waals surface area contributed by atoms with Crippen LogP contribution in [0.5, 0.6) is 0 Å². The van der Waals surface area contributed by atoms with Gasteiger partial charge < -0.3 is 4.90 Å². The van der Waals surface area contributed by atoms with Crippen molar-refractivity contribution in [3.05, 3.63) is 69.7 Å². The van der Waals surface area contributed by atoms with Crippen molar-refractivity contribution in [2.75, 3.05) is 18.8 Å². The van der Waals surface area contributed by atoms with E-state index in [1.165, 1.54) is 0 Å². The molecule has 132 valence electrons.